The number of hydrogen-bond acceptors (Lipinski definition) is 4. The number of rotatable bonds is 6. The average molecular weight is 277 g/mol. The second-order valence-electron chi connectivity index (χ2n) is 4.13. The first kappa shape index (κ1) is 15.2. The van der Waals surface area contributed by atoms with Crippen molar-refractivity contribution in [2.45, 2.75) is 38.4 Å². The van der Waals surface area contributed by atoms with Gasteiger partial charge in [-0.2, -0.15) is 13.2 Å². The van der Waals surface area contributed by atoms with E-state index in [0.717, 1.165) is 6.07 Å². The minimum Gasteiger partial charge on any atom is -0.481 e. The molecule has 0 saturated heterocycles. The van der Waals surface area contributed by atoms with Crippen molar-refractivity contribution < 1.29 is 23.1 Å². The molecule has 0 aliphatic carbocycles. The molecule has 0 spiro atoms. The zero-order chi connectivity index (χ0) is 14.5. The van der Waals surface area contributed by atoms with Crippen LogP contribution in [0, 0.1) is 0 Å². The Bertz CT molecular complexity index is 420. The van der Waals surface area contributed by atoms with E-state index in [1.807, 2.05) is 0 Å². The number of anilines is 1. The molecule has 8 heteroatoms. The molecular weight excluding hydrogens is 263 g/mol. The quantitative estimate of drug-likeness (QED) is 0.835. The van der Waals surface area contributed by atoms with E-state index < -0.39 is 17.8 Å². The van der Waals surface area contributed by atoms with Crippen molar-refractivity contribution in [3.8, 4) is 0 Å². The number of halogens is 3. The number of nitrogens with zero attached hydrogens (tertiary/aromatic N) is 2. The normalized spacial score (nSPS) is 13.1. The number of aliphatic carboxylic acids is 1. The molecule has 1 aromatic rings. The van der Waals surface area contributed by atoms with Gasteiger partial charge in [-0.25, -0.2) is 0 Å². The Morgan fingerprint density at radius 1 is 1.42 bits per heavy atom. The van der Waals surface area contributed by atoms with Gasteiger partial charge in [0.05, 0.1) is 0 Å². The molecule has 0 aromatic carbocycles. The number of carboxylic acid groups (broad SMARTS) is 1. The number of carboxylic acids is 1. The van der Waals surface area contributed by atoms with E-state index in [9.17, 15) is 18.0 Å². The van der Waals surface area contributed by atoms with Crippen molar-refractivity contribution in [2.24, 2.45) is 0 Å². The maximum absolute atomic E-state index is 12.2. The average Bonchev–Trinajstić information content (AvgIpc) is 2.27. The van der Waals surface area contributed by atoms with Gasteiger partial charge in [-0.3, -0.25) is 4.79 Å². The Labute approximate surface area is 107 Å². The van der Waals surface area contributed by atoms with Crippen LogP contribution in [-0.2, 0) is 11.0 Å². The Kier molecular flexibility index (Phi) is 5.08. The molecule has 0 amide bonds. The first-order chi connectivity index (χ1) is 8.79. The van der Waals surface area contributed by atoms with Crippen LogP contribution in [0.2, 0.25) is 0 Å². The first-order valence-electron chi connectivity index (χ1n) is 5.68. The molecule has 1 atom stereocenters. The molecule has 0 saturated carbocycles. The summed E-state index contributed by atoms with van der Waals surface area (Å²) in [6.45, 7) is 1.79. The van der Waals surface area contributed by atoms with Crippen molar-refractivity contribution in [3.63, 3.8) is 0 Å². The fourth-order valence-electron chi connectivity index (χ4n) is 1.44. The number of aromatic nitrogens is 2. The summed E-state index contributed by atoms with van der Waals surface area (Å²) in [6, 6.07) is 1.95. The van der Waals surface area contributed by atoms with Gasteiger partial charge in [0.2, 0.25) is 0 Å². The van der Waals surface area contributed by atoms with E-state index in [1.54, 1.807) is 6.92 Å². The molecule has 0 radical (unpaired) electrons. The smallest absolute Gasteiger partial charge is 0.435 e. The third kappa shape index (κ3) is 5.54. The monoisotopic (exact) mass is 277 g/mol. The third-order valence-electron chi connectivity index (χ3n) is 2.38. The summed E-state index contributed by atoms with van der Waals surface area (Å²) in [5.74, 6) is -0.641. The van der Waals surface area contributed by atoms with Gasteiger partial charge in [-0.1, -0.05) is 0 Å². The minimum absolute atomic E-state index is 0.0602. The SMILES string of the molecule is CC(CCCC(=O)O)Nc1ccc(C(F)(F)F)nn1. The lowest BCUT2D eigenvalue weighted by Gasteiger charge is -2.13. The highest BCUT2D eigenvalue weighted by Gasteiger charge is 2.32. The van der Waals surface area contributed by atoms with Crippen LogP contribution < -0.4 is 5.32 Å². The molecule has 1 unspecified atom stereocenters. The Morgan fingerprint density at radius 3 is 2.58 bits per heavy atom. The summed E-state index contributed by atoms with van der Waals surface area (Å²) in [4.78, 5) is 10.3. The van der Waals surface area contributed by atoms with Crippen molar-refractivity contribution in [2.75, 3.05) is 5.32 Å². The zero-order valence-electron chi connectivity index (χ0n) is 10.2. The Morgan fingerprint density at radius 2 is 2.11 bits per heavy atom. The fraction of sp³-hybridized carbons (Fsp3) is 0.545. The zero-order valence-corrected chi connectivity index (χ0v) is 10.2. The Hall–Kier alpha value is -1.86. The Balaban J connectivity index is 2.47. The lowest BCUT2D eigenvalue weighted by Crippen LogP contribution is -2.17. The molecule has 0 bridgehead atoms. The van der Waals surface area contributed by atoms with Crippen molar-refractivity contribution in [1.29, 1.82) is 0 Å². The van der Waals surface area contributed by atoms with Crippen molar-refractivity contribution in [1.82, 2.24) is 10.2 Å². The van der Waals surface area contributed by atoms with Gasteiger partial charge in [0.15, 0.2) is 5.69 Å². The summed E-state index contributed by atoms with van der Waals surface area (Å²) < 4.78 is 36.7. The maximum atomic E-state index is 12.2. The van der Waals surface area contributed by atoms with Gasteiger partial charge in [0, 0.05) is 12.5 Å². The largest absolute Gasteiger partial charge is 0.481 e. The maximum Gasteiger partial charge on any atom is 0.435 e. The standard InChI is InChI=1S/C11H14F3N3O2/c1-7(3-2-4-10(18)19)15-9-6-5-8(16-17-9)11(12,13)14/h5-7H,2-4H2,1H3,(H,15,17)(H,18,19). The van der Waals surface area contributed by atoms with E-state index >= 15 is 0 Å². The number of alkyl halides is 3. The molecule has 19 heavy (non-hydrogen) atoms. The molecule has 106 valence electrons. The molecule has 1 heterocycles. The molecule has 0 aliphatic heterocycles. The van der Waals surface area contributed by atoms with Crippen LogP contribution >= 0.6 is 0 Å². The van der Waals surface area contributed by atoms with Crippen LogP contribution in [0.3, 0.4) is 0 Å². The summed E-state index contributed by atoms with van der Waals surface area (Å²) in [6.07, 6.45) is -3.38. The molecule has 0 aliphatic rings. The van der Waals surface area contributed by atoms with E-state index in [1.165, 1.54) is 6.07 Å². The fourth-order valence-corrected chi connectivity index (χ4v) is 1.44. The predicted octanol–water partition coefficient (Wildman–Crippen LogP) is 2.55. The van der Waals surface area contributed by atoms with E-state index in [-0.39, 0.29) is 18.3 Å². The van der Waals surface area contributed by atoms with Crippen LogP contribution in [0.5, 0.6) is 0 Å². The number of carbonyl (C=O) groups is 1. The summed E-state index contributed by atoms with van der Waals surface area (Å²) in [7, 11) is 0. The summed E-state index contributed by atoms with van der Waals surface area (Å²) in [5.41, 5.74) is -1.04. The van der Waals surface area contributed by atoms with Crippen LogP contribution in [0.25, 0.3) is 0 Å². The molecule has 1 aromatic heterocycles. The van der Waals surface area contributed by atoms with Crippen molar-refractivity contribution >= 4 is 11.8 Å². The molecular formula is C11H14F3N3O2. The van der Waals surface area contributed by atoms with Gasteiger partial charge >= 0.3 is 12.1 Å². The molecule has 5 nitrogen and oxygen atoms in total. The highest BCUT2D eigenvalue weighted by Crippen LogP contribution is 2.27. The first-order valence-corrected chi connectivity index (χ1v) is 5.68. The highest BCUT2D eigenvalue weighted by molar-refractivity contribution is 5.66. The lowest BCUT2D eigenvalue weighted by atomic mass is 10.1. The van der Waals surface area contributed by atoms with Gasteiger partial charge in [-0.15, -0.1) is 10.2 Å². The lowest BCUT2D eigenvalue weighted by molar-refractivity contribution is -0.141. The topological polar surface area (TPSA) is 75.1 Å². The summed E-state index contributed by atoms with van der Waals surface area (Å²) >= 11 is 0. The molecule has 0 fully saturated rings. The van der Waals surface area contributed by atoms with E-state index in [2.05, 4.69) is 15.5 Å². The van der Waals surface area contributed by atoms with Crippen molar-refractivity contribution in [3.05, 3.63) is 17.8 Å². The molecule has 1 rings (SSSR count). The number of nitrogens with one attached hydrogen (secondary N) is 1. The van der Waals surface area contributed by atoms with E-state index in [4.69, 9.17) is 5.11 Å². The van der Waals surface area contributed by atoms with Gasteiger partial charge in [0.1, 0.15) is 5.82 Å². The second kappa shape index (κ2) is 6.35. The van der Waals surface area contributed by atoms with Crippen LogP contribution in [0.1, 0.15) is 31.9 Å². The van der Waals surface area contributed by atoms with Crippen LogP contribution in [-0.4, -0.2) is 27.3 Å². The van der Waals surface area contributed by atoms with Crippen LogP contribution in [0.15, 0.2) is 12.1 Å². The molecule has 2 N–H and O–H groups in total. The van der Waals surface area contributed by atoms with Crippen LogP contribution in [0.4, 0.5) is 19.0 Å². The van der Waals surface area contributed by atoms with Gasteiger partial charge < -0.3 is 10.4 Å². The highest BCUT2D eigenvalue weighted by atomic mass is 19.4. The predicted molar refractivity (Wildman–Crippen MR) is 61.6 cm³/mol. The third-order valence-corrected chi connectivity index (χ3v) is 2.38. The summed E-state index contributed by atoms with van der Waals surface area (Å²) in [5, 5.41) is 17.8. The number of hydrogen-bond donors (Lipinski definition) is 2. The van der Waals surface area contributed by atoms with Gasteiger partial charge in [-0.05, 0) is 31.9 Å². The van der Waals surface area contributed by atoms with Gasteiger partial charge in [0.25, 0.3) is 0 Å². The van der Waals surface area contributed by atoms with E-state index in [0.29, 0.717) is 12.8 Å². The minimum atomic E-state index is -4.50. The second-order valence-corrected chi connectivity index (χ2v) is 4.13.